The van der Waals surface area contributed by atoms with Gasteiger partial charge in [-0.2, -0.15) is 0 Å². The Labute approximate surface area is 122 Å². The lowest BCUT2D eigenvalue weighted by atomic mass is 10.1. The zero-order valence-corrected chi connectivity index (χ0v) is 11.9. The molecule has 0 amide bonds. The first-order valence-electron chi connectivity index (χ1n) is 6.51. The van der Waals surface area contributed by atoms with Crippen LogP contribution >= 0.6 is 0 Å². The molecular weight excluding hydrogens is 271 g/mol. The Bertz CT molecular complexity index is 676. The van der Waals surface area contributed by atoms with Crippen molar-refractivity contribution in [3.8, 4) is 0 Å². The van der Waals surface area contributed by atoms with E-state index in [1.54, 1.807) is 38.1 Å². The van der Waals surface area contributed by atoms with Crippen molar-refractivity contribution in [2.24, 2.45) is 0 Å². The molecule has 0 aliphatic rings. The van der Waals surface area contributed by atoms with E-state index in [0.29, 0.717) is 23.4 Å². The van der Waals surface area contributed by atoms with Crippen molar-refractivity contribution in [1.29, 1.82) is 0 Å². The summed E-state index contributed by atoms with van der Waals surface area (Å²) < 4.78 is 13.6. The number of anilines is 2. The minimum atomic E-state index is -1.07. The highest BCUT2D eigenvalue weighted by Crippen LogP contribution is 2.20. The van der Waals surface area contributed by atoms with Gasteiger partial charge in [0, 0.05) is 17.9 Å². The van der Waals surface area contributed by atoms with Crippen molar-refractivity contribution in [3.05, 3.63) is 58.4 Å². The molecule has 0 unspecified atom stereocenters. The second-order valence-electron chi connectivity index (χ2n) is 5.00. The Balaban J connectivity index is 2.17. The third kappa shape index (κ3) is 3.31. The normalized spacial score (nSPS) is 10.4. The summed E-state index contributed by atoms with van der Waals surface area (Å²) in [7, 11) is 0. The van der Waals surface area contributed by atoms with E-state index < -0.39 is 5.97 Å². The zero-order valence-electron chi connectivity index (χ0n) is 11.9. The van der Waals surface area contributed by atoms with Gasteiger partial charge in [-0.25, -0.2) is 9.18 Å². The first-order chi connectivity index (χ1) is 9.88. The first kappa shape index (κ1) is 14.8. The van der Waals surface area contributed by atoms with Crippen molar-refractivity contribution in [2.75, 3.05) is 11.1 Å². The van der Waals surface area contributed by atoms with Gasteiger partial charge in [-0.15, -0.1) is 0 Å². The molecule has 4 nitrogen and oxygen atoms in total. The maximum Gasteiger partial charge on any atom is 0.337 e. The molecule has 2 rings (SSSR count). The summed E-state index contributed by atoms with van der Waals surface area (Å²) in [5.41, 5.74) is 8.66. The number of carbonyl (C=O) groups is 1. The fraction of sp³-hybridized carbons (Fsp3) is 0.188. The predicted octanol–water partition coefficient (Wildman–Crippen LogP) is 3.34. The molecule has 2 aromatic carbocycles. The summed E-state index contributed by atoms with van der Waals surface area (Å²) in [4.78, 5) is 11.0. The van der Waals surface area contributed by atoms with E-state index in [1.165, 1.54) is 6.07 Å². The maximum atomic E-state index is 13.6. The summed E-state index contributed by atoms with van der Waals surface area (Å²) in [6.45, 7) is 3.92. The van der Waals surface area contributed by atoms with Crippen LogP contribution in [0.4, 0.5) is 15.8 Å². The molecule has 4 N–H and O–H groups in total. The minimum Gasteiger partial charge on any atom is -0.478 e. The highest BCUT2D eigenvalue weighted by Gasteiger charge is 2.09. The number of nitrogens with two attached hydrogens (primary N) is 1. The van der Waals surface area contributed by atoms with E-state index >= 15 is 0 Å². The zero-order chi connectivity index (χ0) is 15.6. The van der Waals surface area contributed by atoms with Crippen LogP contribution < -0.4 is 11.1 Å². The highest BCUT2D eigenvalue weighted by molar-refractivity contribution is 5.94. The van der Waals surface area contributed by atoms with E-state index in [-0.39, 0.29) is 17.1 Å². The van der Waals surface area contributed by atoms with Crippen LogP contribution in [-0.4, -0.2) is 11.1 Å². The van der Waals surface area contributed by atoms with Crippen molar-refractivity contribution >= 4 is 17.3 Å². The fourth-order valence-corrected chi connectivity index (χ4v) is 2.19. The first-order valence-corrected chi connectivity index (χ1v) is 6.51. The molecule has 0 saturated heterocycles. The van der Waals surface area contributed by atoms with Crippen molar-refractivity contribution < 1.29 is 14.3 Å². The number of carboxylic acid groups (broad SMARTS) is 1. The average molecular weight is 288 g/mol. The molecule has 0 radical (unpaired) electrons. The smallest absolute Gasteiger partial charge is 0.337 e. The van der Waals surface area contributed by atoms with Gasteiger partial charge in [-0.1, -0.05) is 12.1 Å². The molecule has 110 valence electrons. The van der Waals surface area contributed by atoms with E-state index in [9.17, 15) is 9.18 Å². The van der Waals surface area contributed by atoms with Gasteiger partial charge in [-0.3, -0.25) is 0 Å². The topological polar surface area (TPSA) is 75.3 Å². The number of hydrogen-bond donors (Lipinski definition) is 3. The number of nitrogen functional groups attached to an aromatic ring is 1. The van der Waals surface area contributed by atoms with Crippen LogP contribution in [0.3, 0.4) is 0 Å². The summed E-state index contributed by atoms with van der Waals surface area (Å²) >= 11 is 0. The second kappa shape index (κ2) is 5.83. The lowest BCUT2D eigenvalue weighted by molar-refractivity contribution is 0.0698. The standard InChI is InChI=1S/C16H17FN2O2/c1-9-5-11(6-10(2)15(9)17)8-19-12-3-4-14(18)13(7-12)16(20)21/h3-7,19H,8,18H2,1-2H3,(H,20,21). The number of benzene rings is 2. The number of halogens is 1. The van der Waals surface area contributed by atoms with Crippen LogP contribution in [0.25, 0.3) is 0 Å². The van der Waals surface area contributed by atoms with Gasteiger partial charge in [0.2, 0.25) is 0 Å². The molecule has 0 saturated carbocycles. The molecule has 0 bridgehead atoms. The third-order valence-corrected chi connectivity index (χ3v) is 3.28. The molecule has 0 atom stereocenters. The Kier molecular flexibility index (Phi) is 4.12. The van der Waals surface area contributed by atoms with Crippen LogP contribution in [-0.2, 0) is 6.54 Å². The van der Waals surface area contributed by atoms with Gasteiger partial charge in [0.1, 0.15) is 5.82 Å². The molecule has 21 heavy (non-hydrogen) atoms. The van der Waals surface area contributed by atoms with Crippen LogP contribution in [0, 0.1) is 19.7 Å². The number of nitrogens with one attached hydrogen (secondary N) is 1. The minimum absolute atomic E-state index is 0.0615. The Hall–Kier alpha value is -2.56. The number of aromatic carboxylic acids is 1. The Morgan fingerprint density at radius 2 is 1.86 bits per heavy atom. The van der Waals surface area contributed by atoms with E-state index in [0.717, 1.165) is 5.56 Å². The van der Waals surface area contributed by atoms with Crippen molar-refractivity contribution in [2.45, 2.75) is 20.4 Å². The van der Waals surface area contributed by atoms with Crippen LogP contribution in [0.1, 0.15) is 27.0 Å². The maximum absolute atomic E-state index is 13.6. The summed E-state index contributed by atoms with van der Waals surface area (Å²) in [6, 6.07) is 8.29. The predicted molar refractivity (Wildman–Crippen MR) is 81.0 cm³/mol. The summed E-state index contributed by atoms with van der Waals surface area (Å²) in [5, 5.41) is 12.1. The number of hydrogen-bond acceptors (Lipinski definition) is 3. The van der Waals surface area contributed by atoms with Crippen LogP contribution in [0.2, 0.25) is 0 Å². The molecule has 0 aliphatic carbocycles. The molecule has 0 heterocycles. The fourth-order valence-electron chi connectivity index (χ4n) is 2.19. The van der Waals surface area contributed by atoms with E-state index in [4.69, 9.17) is 10.8 Å². The quantitative estimate of drug-likeness (QED) is 0.754. The van der Waals surface area contributed by atoms with Crippen LogP contribution in [0.5, 0.6) is 0 Å². The van der Waals surface area contributed by atoms with Gasteiger partial charge >= 0.3 is 5.97 Å². The molecule has 0 spiro atoms. The van der Waals surface area contributed by atoms with Gasteiger partial charge in [-0.05, 0) is 48.7 Å². The number of carboxylic acids is 1. The SMILES string of the molecule is Cc1cc(CNc2ccc(N)c(C(=O)O)c2)cc(C)c1F. The van der Waals surface area contributed by atoms with E-state index in [2.05, 4.69) is 5.32 Å². The van der Waals surface area contributed by atoms with Crippen molar-refractivity contribution in [1.82, 2.24) is 0 Å². The molecule has 5 heteroatoms. The second-order valence-corrected chi connectivity index (χ2v) is 5.00. The average Bonchev–Trinajstić information content (AvgIpc) is 2.43. The van der Waals surface area contributed by atoms with Gasteiger partial charge in [0.25, 0.3) is 0 Å². The third-order valence-electron chi connectivity index (χ3n) is 3.28. The lowest BCUT2D eigenvalue weighted by Gasteiger charge is -2.11. The monoisotopic (exact) mass is 288 g/mol. The van der Waals surface area contributed by atoms with E-state index in [1.807, 2.05) is 0 Å². The summed E-state index contributed by atoms with van der Waals surface area (Å²) in [6.07, 6.45) is 0. The Morgan fingerprint density at radius 3 is 2.43 bits per heavy atom. The lowest BCUT2D eigenvalue weighted by Crippen LogP contribution is -2.05. The number of aryl methyl sites for hydroxylation is 2. The Morgan fingerprint density at radius 1 is 1.24 bits per heavy atom. The van der Waals surface area contributed by atoms with Crippen molar-refractivity contribution in [3.63, 3.8) is 0 Å². The van der Waals surface area contributed by atoms with Gasteiger partial charge < -0.3 is 16.2 Å². The molecule has 2 aromatic rings. The van der Waals surface area contributed by atoms with Gasteiger partial charge in [0.05, 0.1) is 5.56 Å². The molecule has 0 aromatic heterocycles. The highest BCUT2D eigenvalue weighted by atomic mass is 19.1. The van der Waals surface area contributed by atoms with Gasteiger partial charge in [0.15, 0.2) is 0 Å². The molecule has 0 aliphatic heterocycles. The molecular formula is C16H17FN2O2. The summed E-state index contributed by atoms with van der Waals surface area (Å²) in [5.74, 6) is -1.26. The largest absolute Gasteiger partial charge is 0.478 e. The molecule has 0 fully saturated rings. The number of rotatable bonds is 4. The van der Waals surface area contributed by atoms with Crippen LogP contribution in [0.15, 0.2) is 30.3 Å².